The van der Waals surface area contributed by atoms with E-state index in [0.29, 0.717) is 0 Å². The molecule has 2 amide bonds. The summed E-state index contributed by atoms with van der Waals surface area (Å²) in [5.74, 6) is -0.197. The monoisotopic (exact) mass is 338 g/mol. The summed E-state index contributed by atoms with van der Waals surface area (Å²) >= 11 is 3.45. The smallest absolute Gasteiger partial charge is 0.250 e. The van der Waals surface area contributed by atoms with Crippen LogP contribution >= 0.6 is 15.9 Å². The molecule has 0 radical (unpaired) electrons. The summed E-state index contributed by atoms with van der Waals surface area (Å²) < 4.78 is 0.808. The highest BCUT2D eigenvalue weighted by Crippen LogP contribution is 2.32. The number of carbonyl (C=O) groups is 2. The van der Waals surface area contributed by atoms with Crippen molar-refractivity contribution in [1.29, 1.82) is 0 Å². The van der Waals surface area contributed by atoms with E-state index in [9.17, 15) is 9.59 Å². The molecule has 2 atom stereocenters. The van der Waals surface area contributed by atoms with Gasteiger partial charge in [-0.3, -0.25) is 14.5 Å². The highest BCUT2D eigenvalue weighted by atomic mass is 79.9. The zero-order valence-electron chi connectivity index (χ0n) is 12.1. The van der Waals surface area contributed by atoms with Crippen molar-refractivity contribution in [3.05, 3.63) is 28.7 Å². The number of rotatable bonds is 1. The maximum Gasteiger partial charge on any atom is 0.250 e. The van der Waals surface area contributed by atoms with Crippen molar-refractivity contribution in [2.45, 2.75) is 39.8 Å². The normalized spacial score (nSPS) is 23.8. The summed E-state index contributed by atoms with van der Waals surface area (Å²) in [5.41, 5.74) is 0.404. The molecular formula is C15H19BrN2O2. The summed E-state index contributed by atoms with van der Waals surface area (Å²) in [5, 5.41) is 2.83. The highest BCUT2D eigenvalue weighted by Gasteiger charge is 2.44. The van der Waals surface area contributed by atoms with Crippen LogP contribution in [0, 0.1) is 5.41 Å². The van der Waals surface area contributed by atoms with Crippen molar-refractivity contribution < 1.29 is 9.59 Å². The molecule has 0 spiro atoms. The molecule has 1 N–H and O–H groups in total. The van der Waals surface area contributed by atoms with Crippen LogP contribution in [0.1, 0.15) is 27.7 Å². The molecular weight excluding hydrogens is 320 g/mol. The van der Waals surface area contributed by atoms with Crippen molar-refractivity contribution in [3.63, 3.8) is 0 Å². The molecule has 0 saturated carbocycles. The molecule has 1 fully saturated rings. The summed E-state index contributed by atoms with van der Waals surface area (Å²) in [6, 6.07) is 6.43. The third kappa shape index (κ3) is 2.59. The van der Waals surface area contributed by atoms with E-state index in [2.05, 4.69) is 21.2 Å². The average Bonchev–Trinajstić information content (AvgIpc) is 2.35. The first-order chi connectivity index (χ1) is 9.23. The van der Waals surface area contributed by atoms with Gasteiger partial charge in [0.1, 0.15) is 12.1 Å². The SMILES string of the molecule is CC1C(=O)NC(C(C)(C)C)C(=O)N1c1ccccc1Br. The third-order valence-electron chi connectivity index (χ3n) is 3.52. The van der Waals surface area contributed by atoms with E-state index < -0.39 is 12.1 Å². The van der Waals surface area contributed by atoms with Crippen LogP contribution in [0.15, 0.2) is 28.7 Å². The molecule has 1 heterocycles. The number of carbonyl (C=O) groups excluding carboxylic acids is 2. The van der Waals surface area contributed by atoms with Gasteiger partial charge >= 0.3 is 0 Å². The fourth-order valence-corrected chi connectivity index (χ4v) is 2.81. The van der Waals surface area contributed by atoms with Gasteiger partial charge in [-0.2, -0.15) is 0 Å². The second-order valence-corrected chi connectivity index (χ2v) is 7.00. The second kappa shape index (κ2) is 5.20. The summed E-state index contributed by atoms with van der Waals surface area (Å²) in [6.07, 6.45) is 0. The molecule has 0 aromatic heterocycles. The molecule has 2 unspecified atom stereocenters. The standard InChI is InChI=1S/C15H19BrN2O2/c1-9-13(19)17-12(15(2,3)4)14(20)18(9)11-8-6-5-7-10(11)16/h5-9,12H,1-4H3,(H,17,19). The number of nitrogens with one attached hydrogen (secondary N) is 1. The van der Waals surface area contributed by atoms with Gasteiger partial charge in [0.05, 0.1) is 5.69 Å². The van der Waals surface area contributed by atoms with Crippen LogP contribution in [0.3, 0.4) is 0 Å². The van der Waals surface area contributed by atoms with E-state index in [1.165, 1.54) is 0 Å². The first-order valence-electron chi connectivity index (χ1n) is 6.61. The van der Waals surface area contributed by atoms with Gasteiger partial charge in [0.25, 0.3) is 5.91 Å². The third-order valence-corrected chi connectivity index (χ3v) is 4.19. The first-order valence-corrected chi connectivity index (χ1v) is 7.41. The van der Waals surface area contributed by atoms with Crippen LogP contribution < -0.4 is 10.2 Å². The van der Waals surface area contributed by atoms with Crippen molar-refractivity contribution in [3.8, 4) is 0 Å². The summed E-state index contributed by atoms with van der Waals surface area (Å²) in [7, 11) is 0. The van der Waals surface area contributed by atoms with Crippen LogP contribution in [0.4, 0.5) is 5.69 Å². The Balaban J connectivity index is 2.47. The number of anilines is 1. The molecule has 0 aliphatic carbocycles. The molecule has 20 heavy (non-hydrogen) atoms. The number of benzene rings is 1. The Kier molecular flexibility index (Phi) is 3.91. The lowest BCUT2D eigenvalue weighted by molar-refractivity contribution is -0.136. The number of halogens is 1. The quantitative estimate of drug-likeness (QED) is 0.855. The predicted molar refractivity (Wildman–Crippen MR) is 82.5 cm³/mol. The van der Waals surface area contributed by atoms with E-state index in [1.807, 2.05) is 45.0 Å². The van der Waals surface area contributed by atoms with Crippen molar-refractivity contribution in [2.75, 3.05) is 4.90 Å². The highest BCUT2D eigenvalue weighted by molar-refractivity contribution is 9.10. The first kappa shape index (κ1) is 15.0. The largest absolute Gasteiger partial charge is 0.342 e. The van der Waals surface area contributed by atoms with Crippen LogP contribution in [0.5, 0.6) is 0 Å². The maximum atomic E-state index is 12.8. The Morgan fingerprint density at radius 1 is 1.20 bits per heavy atom. The van der Waals surface area contributed by atoms with E-state index >= 15 is 0 Å². The molecule has 1 aromatic rings. The number of hydrogen-bond donors (Lipinski definition) is 1. The molecule has 1 aromatic carbocycles. The van der Waals surface area contributed by atoms with Crippen molar-refractivity contribution in [2.24, 2.45) is 5.41 Å². The molecule has 0 bridgehead atoms. The Morgan fingerprint density at radius 3 is 2.35 bits per heavy atom. The molecule has 2 rings (SSSR count). The Morgan fingerprint density at radius 2 is 1.80 bits per heavy atom. The molecule has 1 aliphatic rings. The van der Waals surface area contributed by atoms with E-state index in [1.54, 1.807) is 11.8 Å². The van der Waals surface area contributed by atoms with Gasteiger partial charge in [0.15, 0.2) is 0 Å². The maximum absolute atomic E-state index is 12.8. The number of nitrogens with zero attached hydrogens (tertiary/aromatic N) is 1. The van der Waals surface area contributed by atoms with Gasteiger partial charge in [-0.25, -0.2) is 0 Å². The van der Waals surface area contributed by atoms with Gasteiger partial charge in [0.2, 0.25) is 5.91 Å². The van der Waals surface area contributed by atoms with Gasteiger partial charge < -0.3 is 5.32 Å². The van der Waals surface area contributed by atoms with E-state index in [-0.39, 0.29) is 17.2 Å². The predicted octanol–water partition coefficient (Wildman–Crippen LogP) is 2.72. The topological polar surface area (TPSA) is 49.4 Å². The minimum atomic E-state index is -0.515. The van der Waals surface area contributed by atoms with Crippen LogP contribution in [-0.4, -0.2) is 23.9 Å². The lowest BCUT2D eigenvalue weighted by atomic mass is 9.84. The van der Waals surface area contributed by atoms with Gasteiger partial charge in [0, 0.05) is 4.47 Å². The van der Waals surface area contributed by atoms with Gasteiger partial charge in [-0.05, 0) is 40.4 Å². The zero-order valence-corrected chi connectivity index (χ0v) is 13.7. The molecule has 4 nitrogen and oxygen atoms in total. The Bertz CT molecular complexity index is 551. The lowest BCUT2D eigenvalue weighted by Crippen LogP contribution is -2.66. The molecule has 108 valence electrons. The summed E-state index contributed by atoms with van der Waals surface area (Å²) in [6.45, 7) is 7.59. The van der Waals surface area contributed by atoms with E-state index in [4.69, 9.17) is 0 Å². The second-order valence-electron chi connectivity index (χ2n) is 6.14. The molecule has 1 saturated heterocycles. The van der Waals surface area contributed by atoms with Gasteiger partial charge in [-0.15, -0.1) is 0 Å². The van der Waals surface area contributed by atoms with Crippen molar-refractivity contribution >= 4 is 33.4 Å². The molecule has 1 aliphatic heterocycles. The fourth-order valence-electron chi connectivity index (χ4n) is 2.33. The average molecular weight is 339 g/mol. The fraction of sp³-hybridized carbons (Fsp3) is 0.467. The van der Waals surface area contributed by atoms with Crippen LogP contribution in [0.2, 0.25) is 0 Å². The summed E-state index contributed by atoms with van der Waals surface area (Å²) in [4.78, 5) is 26.5. The van der Waals surface area contributed by atoms with Crippen LogP contribution in [0.25, 0.3) is 0 Å². The lowest BCUT2D eigenvalue weighted by Gasteiger charge is -2.42. The molecule has 5 heteroatoms. The number of para-hydroxylation sites is 1. The van der Waals surface area contributed by atoms with Crippen LogP contribution in [-0.2, 0) is 9.59 Å². The zero-order chi connectivity index (χ0) is 15.1. The minimum absolute atomic E-state index is 0.0727. The number of amides is 2. The number of piperazine rings is 1. The van der Waals surface area contributed by atoms with Crippen molar-refractivity contribution in [1.82, 2.24) is 5.32 Å². The number of hydrogen-bond acceptors (Lipinski definition) is 2. The minimum Gasteiger partial charge on any atom is -0.342 e. The Labute approximate surface area is 127 Å². The Hall–Kier alpha value is -1.36. The van der Waals surface area contributed by atoms with E-state index in [0.717, 1.165) is 10.2 Å². The van der Waals surface area contributed by atoms with Gasteiger partial charge in [-0.1, -0.05) is 32.9 Å².